The van der Waals surface area contributed by atoms with E-state index in [9.17, 15) is 9.59 Å². The number of amides is 1. The summed E-state index contributed by atoms with van der Waals surface area (Å²) < 4.78 is 5.23. The Balaban J connectivity index is 1.47. The Labute approximate surface area is 151 Å². The molecule has 126 valence electrons. The van der Waals surface area contributed by atoms with Crippen LogP contribution in [0.3, 0.4) is 0 Å². The number of benzene rings is 2. The summed E-state index contributed by atoms with van der Waals surface area (Å²) in [6.07, 6.45) is 0.817. The third kappa shape index (κ3) is 2.34. The van der Waals surface area contributed by atoms with Gasteiger partial charge in [-0.3, -0.25) is 10.1 Å². The number of aromatic nitrogens is 1. The Morgan fingerprint density at radius 2 is 1.92 bits per heavy atom. The number of nitrogens with one attached hydrogen (secondary N) is 1. The van der Waals surface area contributed by atoms with Crippen molar-refractivity contribution in [1.29, 1.82) is 0 Å². The summed E-state index contributed by atoms with van der Waals surface area (Å²) in [5.41, 5.74) is 3.03. The van der Waals surface area contributed by atoms with Crippen LogP contribution in [0.25, 0.3) is 22.2 Å². The SMILES string of the molecule is O=C(Nc1nc2c(s1)Cc1ccccc1-2)c1cc2ccccc2oc1=O. The lowest BCUT2D eigenvalue weighted by Gasteiger charge is -2.03. The summed E-state index contributed by atoms with van der Waals surface area (Å²) in [5, 5.41) is 3.92. The van der Waals surface area contributed by atoms with E-state index in [1.165, 1.54) is 16.9 Å². The minimum atomic E-state index is -0.657. The lowest BCUT2D eigenvalue weighted by molar-refractivity contribution is 0.102. The number of hydrogen-bond donors (Lipinski definition) is 1. The highest BCUT2D eigenvalue weighted by atomic mass is 32.1. The predicted octanol–water partition coefficient (Wildman–Crippen LogP) is 4.07. The number of fused-ring (bicyclic) bond motifs is 4. The quantitative estimate of drug-likeness (QED) is 0.482. The molecular weight excluding hydrogens is 348 g/mol. The molecule has 4 aromatic rings. The first-order valence-electron chi connectivity index (χ1n) is 8.11. The zero-order valence-electron chi connectivity index (χ0n) is 13.5. The van der Waals surface area contributed by atoms with Gasteiger partial charge in [-0.15, -0.1) is 11.3 Å². The van der Waals surface area contributed by atoms with Crippen molar-refractivity contribution < 1.29 is 9.21 Å². The third-order valence-corrected chi connectivity index (χ3v) is 5.40. The van der Waals surface area contributed by atoms with Crippen molar-refractivity contribution in [3.8, 4) is 11.3 Å². The highest BCUT2D eigenvalue weighted by molar-refractivity contribution is 7.16. The van der Waals surface area contributed by atoms with Crippen LogP contribution in [0, 0.1) is 0 Å². The summed E-state index contributed by atoms with van der Waals surface area (Å²) in [7, 11) is 0. The maximum absolute atomic E-state index is 12.5. The first-order valence-corrected chi connectivity index (χ1v) is 8.93. The molecule has 2 heterocycles. The van der Waals surface area contributed by atoms with E-state index in [4.69, 9.17) is 4.42 Å². The Morgan fingerprint density at radius 3 is 2.85 bits per heavy atom. The monoisotopic (exact) mass is 360 g/mol. The molecule has 0 unspecified atom stereocenters. The van der Waals surface area contributed by atoms with Crippen molar-refractivity contribution in [2.45, 2.75) is 6.42 Å². The lowest BCUT2D eigenvalue weighted by atomic mass is 10.1. The van der Waals surface area contributed by atoms with Gasteiger partial charge < -0.3 is 4.42 Å². The first kappa shape index (κ1) is 15.0. The van der Waals surface area contributed by atoms with Gasteiger partial charge in [0.05, 0.1) is 5.69 Å². The average Bonchev–Trinajstić information content (AvgIpc) is 3.18. The van der Waals surface area contributed by atoms with Crippen molar-refractivity contribution in [2.75, 3.05) is 5.32 Å². The molecule has 0 saturated carbocycles. The van der Waals surface area contributed by atoms with Crippen LogP contribution >= 0.6 is 11.3 Å². The zero-order valence-corrected chi connectivity index (χ0v) is 14.3. The van der Waals surface area contributed by atoms with Gasteiger partial charge in [-0.1, -0.05) is 42.5 Å². The topological polar surface area (TPSA) is 72.2 Å². The summed E-state index contributed by atoms with van der Waals surface area (Å²) in [6, 6.07) is 16.8. The van der Waals surface area contributed by atoms with Gasteiger partial charge in [0.1, 0.15) is 11.1 Å². The number of para-hydroxylation sites is 1. The van der Waals surface area contributed by atoms with Crippen molar-refractivity contribution >= 4 is 33.3 Å². The highest BCUT2D eigenvalue weighted by Gasteiger charge is 2.24. The molecule has 1 N–H and O–H groups in total. The Morgan fingerprint density at radius 1 is 1.12 bits per heavy atom. The summed E-state index contributed by atoms with van der Waals surface area (Å²) in [4.78, 5) is 30.3. The maximum Gasteiger partial charge on any atom is 0.349 e. The van der Waals surface area contributed by atoms with E-state index >= 15 is 0 Å². The third-order valence-electron chi connectivity index (χ3n) is 4.43. The largest absolute Gasteiger partial charge is 0.422 e. The molecule has 5 nitrogen and oxygen atoms in total. The predicted molar refractivity (Wildman–Crippen MR) is 101 cm³/mol. The van der Waals surface area contributed by atoms with Crippen LogP contribution in [0.5, 0.6) is 0 Å². The van der Waals surface area contributed by atoms with Crippen molar-refractivity contribution in [2.24, 2.45) is 0 Å². The molecule has 6 heteroatoms. The second kappa shape index (κ2) is 5.64. The standard InChI is InChI=1S/C20H12N2O3S/c23-18(14-9-12-6-2-4-8-15(12)25-19(14)24)22-20-21-17-13-7-3-1-5-11(13)10-16(17)26-20/h1-9H,10H2,(H,21,22,23). The molecule has 0 bridgehead atoms. The summed E-state index contributed by atoms with van der Waals surface area (Å²) >= 11 is 1.44. The molecule has 0 saturated heterocycles. The van der Waals surface area contributed by atoms with E-state index in [-0.39, 0.29) is 5.56 Å². The molecular formula is C20H12N2O3S. The van der Waals surface area contributed by atoms with Crippen LogP contribution in [0.1, 0.15) is 20.8 Å². The van der Waals surface area contributed by atoms with Gasteiger partial charge in [0.15, 0.2) is 5.13 Å². The molecule has 0 radical (unpaired) electrons. The lowest BCUT2D eigenvalue weighted by Crippen LogP contribution is -2.20. The Kier molecular flexibility index (Phi) is 3.26. The minimum absolute atomic E-state index is 0.0283. The number of rotatable bonds is 2. The van der Waals surface area contributed by atoms with Gasteiger partial charge in [-0.2, -0.15) is 0 Å². The Hall–Kier alpha value is -3.25. The molecule has 1 aliphatic rings. The molecule has 2 aromatic carbocycles. The number of carbonyl (C=O) groups is 1. The van der Waals surface area contributed by atoms with Crippen LogP contribution in [-0.2, 0) is 6.42 Å². The van der Waals surface area contributed by atoms with Crippen molar-refractivity contribution in [3.63, 3.8) is 0 Å². The van der Waals surface area contributed by atoms with Crippen LogP contribution in [0.2, 0.25) is 0 Å². The van der Waals surface area contributed by atoms with E-state index in [1.807, 2.05) is 24.3 Å². The molecule has 1 amide bonds. The smallest absolute Gasteiger partial charge is 0.349 e. The Bertz CT molecular complexity index is 1240. The number of hydrogen-bond acceptors (Lipinski definition) is 5. The fraction of sp³-hybridized carbons (Fsp3) is 0.0500. The van der Waals surface area contributed by atoms with Gasteiger partial charge in [-0.25, -0.2) is 9.78 Å². The van der Waals surface area contributed by atoms with Gasteiger partial charge in [-0.05, 0) is 17.7 Å². The second-order valence-corrected chi connectivity index (χ2v) is 7.15. The molecule has 2 aromatic heterocycles. The van der Waals surface area contributed by atoms with Crippen LogP contribution < -0.4 is 10.9 Å². The van der Waals surface area contributed by atoms with Crippen LogP contribution in [-0.4, -0.2) is 10.9 Å². The fourth-order valence-electron chi connectivity index (χ4n) is 3.20. The first-order chi connectivity index (χ1) is 12.7. The highest BCUT2D eigenvalue weighted by Crippen LogP contribution is 2.40. The van der Waals surface area contributed by atoms with Crippen molar-refractivity contribution in [3.05, 3.63) is 81.0 Å². The average molecular weight is 360 g/mol. The van der Waals surface area contributed by atoms with E-state index in [2.05, 4.69) is 16.4 Å². The van der Waals surface area contributed by atoms with E-state index in [0.29, 0.717) is 16.1 Å². The molecule has 0 aliphatic heterocycles. The van der Waals surface area contributed by atoms with E-state index in [1.54, 1.807) is 24.3 Å². The number of carbonyl (C=O) groups excluding carboxylic acids is 1. The summed E-state index contributed by atoms with van der Waals surface area (Å²) in [5.74, 6) is -0.509. The molecule has 1 aliphatic carbocycles. The van der Waals surface area contributed by atoms with Gasteiger partial charge in [0.25, 0.3) is 5.91 Å². The molecule has 5 rings (SSSR count). The van der Waals surface area contributed by atoms with Crippen LogP contribution in [0.15, 0.2) is 63.8 Å². The molecule has 26 heavy (non-hydrogen) atoms. The minimum Gasteiger partial charge on any atom is -0.422 e. The fourth-order valence-corrected chi connectivity index (χ4v) is 4.19. The van der Waals surface area contributed by atoms with E-state index < -0.39 is 11.5 Å². The zero-order chi connectivity index (χ0) is 17.7. The summed E-state index contributed by atoms with van der Waals surface area (Å²) in [6.45, 7) is 0. The van der Waals surface area contributed by atoms with Gasteiger partial charge in [0, 0.05) is 22.2 Å². The number of nitrogens with zero attached hydrogens (tertiary/aromatic N) is 1. The maximum atomic E-state index is 12.5. The van der Waals surface area contributed by atoms with Gasteiger partial charge >= 0.3 is 5.63 Å². The van der Waals surface area contributed by atoms with Crippen LogP contribution in [0.4, 0.5) is 5.13 Å². The van der Waals surface area contributed by atoms with Crippen molar-refractivity contribution in [1.82, 2.24) is 4.98 Å². The normalized spacial score (nSPS) is 12.0. The number of thiazole rings is 1. The molecule has 0 atom stereocenters. The molecule has 0 fully saturated rings. The van der Waals surface area contributed by atoms with E-state index in [0.717, 1.165) is 22.6 Å². The molecule has 0 spiro atoms. The second-order valence-electron chi connectivity index (χ2n) is 6.06. The van der Waals surface area contributed by atoms with Gasteiger partial charge in [0.2, 0.25) is 0 Å². The number of anilines is 1.